The number of hydrogen-bond donors (Lipinski definition) is 0. The van der Waals surface area contributed by atoms with Gasteiger partial charge in [-0.2, -0.15) is 4.98 Å². The van der Waals surface area contributed by atoms with Gasteiger partial charge in [-0.25, -0.2) is 4.68 Å². The second-order valence-corrected chi connectivity index (χ2v) is 6.38. The third kappa shape index (κ3) is 3.24. The first-order chi connectivity index (χ1) is 12.7. The van der Waals surface area contributed by atoms with Crippen molar-refractivity contribution in [3.63, 3.8) is 0 Å². The molecule has 0 radical (unpaired) electrons. The molecule has 0 aliphatic carbocycles. The molecule has 1 amide bonds. The SMILES string of the molecule is CCCc1noc(-c2cn(C3CCN(C(=O)c4ccoc4)CC3)nn2)n1. The minimum absolute atomic E-state index is 0.00536. The second-order valence-electron chi connectivity index (χ2n) is 6.38. The van der Waals surface area contributed by atoms with Crippen LogP contribution in [0.1, 0.15) is 48.4 Å². The van der Waals surface area contributed by atoms with Crippen LogP contribution in [0.4, 0.5) is 0 Å². The van der Waals surface area contributed by atoms with Crippen LogP contribution >= 0.6 is 0 Å². The summed E-state index contributed by atoms with van der Waals surface area (Å²) in [5.74, 6) is 1.08. The lowest BCUT2D eigenvalue weighted by Crippen LogP contribution is -2.39. The smallest absolute Gasteiger partial charge is 0.280 e. The molecule has 0 unspecified atom stereocenters. The Morgan fingerprint density at radius 1 is 1.35 bits per heavy atom. The first kappa shape index (κ1) is 16.5. The highest BCUT2D eigenvalue weighted by Gasteiger charge is 2.26. The Bertz CT molecular complexity index is 861. The van der Waals surface area contributed by atoms with Crippen molar-refractivity contribution in [1.82, 2.24) is 30.0 Å². The van der Waals surface area contributed by atoms with Crippen LogP contribution in [0, 0.1) is 0 Å². The van der Waals surface area contributed by atoms with Crippen molar-refractivity contribution in [3.05, 3.63) is 36.2 Å². The van der Waals surface area contributed by atoms with Gasteiger partial charge in [0.25, 0.3) is 11.8 Å². The van der Waals surface area contributed by atoms with Crippen LogP contribution in [0.2, 0.25) is 0 Å². The third-order valence-electron chi connectivity index (χ3n) is 4.57. The van der Waals surface area contributed by atoms with Crippen molar-refractivity contribution >= 4 is 5.91 Å². The fraction of sp³-hybridized carbons (Fsp3) is 0.471. The van der Waals surface area contributed by atoms with Crippen LogP contribution in [0.25, 0.3) is 11.6 Å². The highest BCUT2D eigenvalue weighted by Crippen LogP contribution is 2.24. The maximum absolute atomic E-state index is 12.4. The molecule has 0 atom stereocenters. The second kappa shape index (κ2) is 7.11. The normalized spacial score (nSPS) is 15.5. The molecule has 0 spiro atoms. The monoisotopic (exact) mass is 356 g/mol. The zero-order chi connectivity index (χ0) is 17.9. The van der Waals surface area contributed by atoms with Crippen molar-refractivity contribution in [2.45, 2.75) is 38.6 Å². The predicted molar refractivity (Wildman–Crippen MR) is 90.2 cm³/mol. The number of likely N-dealkylation sites (tertiary alicyclic amines) is 1. The minimum Gasteiger partial charge on any atom is -0.472 e. The van der Waals surface area contributed by atoms with E-state index in [1.54, 1.807) is 6.07 Å². The van der Waals surface area contributed by atoms with E-state index in [0.717, 1.165) is 25.7 Å². The molecule has 0 aromatic carbocycles. The number of aryl methyl sites for hydroxylation is 1. The van der Waals surface area contributed by atoms with Gasteiger partial charge in [0.05, 0.1) is 24.1 Å². The van der Waals surface area contributed by atoms with Gasteiger partial charge in [0.15, 0.2) is 11.5 Å². The molecule has 1 aliphatic heterocycles. The van der Waals surface area contributed by atoms with Gasteiger partial charge in [-0.15, -0.1) is 5.10 Å². The molecule has 136 valence electrons. The Balaban J connectivity index is 1.39. The molecule has 1 saturated heterocycles. The maximum Gasteiger partial charge on any atom is 0.280 e. The van der Waals surface area contributed by atoms with E-state index in [1.165, 1.54) is 12.5 Å². The fourth-order valence-corrected chi connectivity index (χ4v) is 3.14. The molecule has 4 heterocycles. The van der Waals surface area contributed by atoms with E-state index in [0.29, 0.717) is 36.1 Å². The summed E-state index contributed by atoms with van der Waals surface area (Å²) in [5, 5.41) is 12.3. The molecular formula is C17H20N6O3. The topological polar surface area (TPSA) is 103 Å². The van der Waals surface area contributed by atoms with Crippen LogP contribution in [0.15, 0.2) is 33.7 Å². The first-order valence-corrected chi connectivity index (χ1v) is 8.81. The van der Waals surface area contributed by atoms with Crippen LogP contribution in [0.5, 0.6) is 0 Å². The number of rotatable bonds is 5. The van der Waals surface area contributed by atoms with Crippen LogP contribution in [-0.4, -0.2) is 49.0 Å². The van der Waals surface area contributed by atoms with Gasteiger partial charge in [-0.05, 0) is 25.3 Å². The zero-order valence-corrected chi connectivity index (χ0v) is 14.5. The van der Waals surface area contributed by atoms with E-state index in [9.17, 15) is 4.79 Å². The summed E-state index contributed by atoms with van der Waals surface area (Å²) >= 11 is 0. The molecule has 0 saturated carbocycles. The minimum atomic E-state index is 0.00536. The molecule has 3 aromatic rings. The van der Waals surface area contributed by atoms with Crippen LogP contribution in [-0.2, 0) is 6.42 Å². The average Bonchev–Trinajstić information content (AvgIpc) is 3.42. The lowest BCUT2D eigenvalue weighted by molar-refractivity contribution is 0.0688. The van der Waals surface area contributed by atoms with Crippen molar-refractivity contribution in [2.75, 3.05) is 13.1 Å². The zero-order valence-electron chi connectivity index (χ0n) is 14.5. The number of piperidine rings is 1. The number of hydrogen-bond acceptors (Lipinski definition) is 7. The summed E-state index contributed by atoms with van der Waals surface area (Å²) in [6.45, 7) is 3.41. The molecule has 9 heteroatoms. The number of nitrogens with zero attached hydrogens (tertiary/aromatic N) is 6. The van der Waals surface area contributed by atoms with Crippen molar-refractivity contribution in [3.8, 4) is 11.6 Å². The summed E-state index contributed by atoms with van der Waals surface area (Å²) in [6.07, 6.45) is 8.20. The van der Waals surface area contributed by atoms with Gasteiger partial charge >= 0.3 is 0 Å². The van der Waals surface area contributed by atoms with Crippen molar-refractivity contribution < 1.29 is 13.7 Å². The lowest BCUT2D eigenvalue weighted by Gasteiger charge is -2.31. The quantitative estimate of drug-likeness (QED) is 0.691. The maximum atomic E-state index is 12.4. The summed E-state index contributed by atoms with van der Waals surface area (Å²) in [6, 6.07) is 1.89. The standard InChI is InChI=1S/C17H20N6O3/c1-2-3-15-18-16(26-20-15)14-10-23(21-19-14)13-4-7-22(8-5-13)17(24)12-6-9-25-11-12/h6,9-11,13H,2-5,7-8H2,1H3. The Labute approximate surface area is 150 Å². The fourth-order valence-electron chi connectivity index (χ4n) is 3.14. The number of carbonyl (C=O) groups excluding carboxylic acids is 1. The Hall–Kier alpha value is -2.97. The van der Waals surface area contributed by atoms with E-state index < -0.39 is 0 Å². The molecule has 1 fully saturated rings. The molecule has 0 bridgehead atoms. The lowest BCUT2D eigenvalue weighted by atomic mass is 10.0. The van der Waals surface area contributed by atoms with Gasteiger partial charge in [-0.1, -0.05) is 17.3 Å². The van der Waals surface area contributed by atoms with Gasteiger partial charge in [0.2, 0.25) is 0 Å². The largest absolute Gasteiger partial charge is 0.472 e. The highest BCUT2D eigenvalue weighted by atomic mass is 16.5. The Morgan fingerprint density at radius 3 is 2.92 bits per heavy atom. The van der Waals surface area contributed by atoms with Crippen molar-refractivity contribution in [2.24, 2.45) is 0 Å². The highest BCUT2D eigenvalue weighted by molar-refractivity contribution is 5.93. The molecule has 9 nitrogen and oxygen atoms in total. The van der Waals surface area contributed by atoms with E-state index in [4.69, 9.17) is 8.94 Å². The number of aromatic nitrogens is 5. The van der Waals surface area contributed by atoms with E-state index in [2.05, 4.69) is 27.4 Å². The summed E-state index contributed by atoms with van der Waals surface area (Å²) in [5.41, 5.74) is 1.17. The third-order valence-corrected chi connectivity index (χ3v) is 4.57. The number of carbonyl (C=O) groups is 1. The van der Waals surface area contributed by atoms with Gasteiger partial charge in [0.1, 0.15) is 6.26 Å². The van der Waals surface area contributed by atoms with E-state index in [1.807, 2.05) is 15.8 Å². The summed E-state index contributed by atoms with van der Waals surface area (Å²) in [4.78, 5) is 18.5. The van der Waals surface area contributed by atoms with E-state index >= 15 is 0 Å². The van der Waals surface area contributed by atoms with Gasteiger partial charge in [0, 0.05) is 19.5 Å². The molecule has 26 heavy (non-hydrogen) atoms. The summed E-state index contributed by atoms with van der Waals surface area (Å²) in [7, 11) is 0. The predicted octanol–water partition coefficient (Wildman–Crippen LogP) is 2.35. The Morgan fingerprint density at radius 2 is 2.19 bits per heavy atom. The first-order valence-electron chi connectivity index (χ1n) is 8.81. The molecular weight excluding hydrogens is 336 g/mol. The summed E-state index contributed by atoms with van der Waals surface area (Å²) < 4.78 is 12.1. The Kier molecular flexibility index (Phi) is 4.51. The van der Waals surface area contributed by atoms with Gasteiger partial charge in [-0.3, -0.25) is 4.79 Å². The van der Waals surface area contributed by atoms with Crippen molar-refractivity contribution in [1.29, 1.82) is 0 Å². The average molecular weight is 356 g/mol. The number of amides is 1. The molecule has 0 N–H and O–H groups in total. The number of furan rings is 1. The van der Waals surface area contributed by atoms with Crippen LogP contribution < -0.4 is 0 Å². The van der Waals surface area contributed by atoms with Crippen LogP contribution in [0.3, 0.4) is 0 Å². The molecule has 4 rings (SSSR count). The molecule has 3 aromatic heterocycles. The van der Waals surface area contributed by atoms with E-state index in [-0.39, 0.29) is 11.9 Å². The molecule has 1 aliphatic rings. The van der Waals surface area contributed by atoms with Gasteiger partial charge < -0.3 is 13.8 Å².